The quantitative estimate of drug-likeness (QED) is 0.595. The van der Waals surface area contributed by atoms with Crippen molar-refractivity contribution in [2.24, 2.45) is 0 Å². The molecule has 0 aromatic heterocycles. The van der Waals surface area contributed by atoms with Gasteiger partial charge in [0.25, 0.3) is 5.91 Å². The highest BCUT2D eigenvalue weighted by atomic mass is 35.5. The Hall–Kier alpha value is -1.99. The van der Waals surface area contributed by atoms with Gasteiger partial charge in [-0.25, -0.2) is 0 Å². The van der Waals surface area contributed by atoms with Crippen LogP contribution in [0, 0.1) is 0 Å². The largest absolute Gasteiger partial charge is 0.492 e. The summed E-state index contributed by atoms with van der Waals surface area (Å²) < 4.78 is 11.3. The van der Waals surface area contributed by atoms with Crippen LogP contribution in [0.25, 0.3) is 0 Å². The van der Waals surface area contributed by atoms with Gasteiger partial charge in [0.2, 0.25) is 0 Å². The van der Waals surface area contributed by atoms with Gasteiger partial charge in [0.1, 0.15) is 12.4 Å². The van der Waals surface area contributed by atoms with Crippen molar-refractivity contribution in [1.82, 2.24) is 10.2 Å². The second kappa shape index (κ2) is 13.3. The van der Waals surface area contributed by atoms with E-state index >= 15 is 0 Å². The number of nitrogens with two attached hydrogens (primary N) is 1. The number of nitrogen functional groups attached to an aromatic ring is 1. The SMILES string of the molecule is CN(CCOc1cccc(CNC(=O)c2cccc(N)c2)c1)C1CCOCC1.Cl.Cl. The minimum atomic E-state index is -0.142. The minimum absolute atomic E-state index is 0. The Kier molecular flexibility index (Phi) is 11.6. The molecule has 1 fully saturated rings. The number of carbonyl (C=O) groups is 1. The summed E-state index contributed by atoms with van der Waals surface area (Å²) in [5.41, 5.74) is 7.86. The van der Waals surface area contributed by atoms with Gasteiger partial charge in [0.15, 0.2) is 0 Å². The zero-order chi connectivity index (χ0) is 19.8. The van der Waals surface area contributed by atoms with Gasteiger partial charge in [-0.3, -0.25) is 9.69 Å². The van der Waals surface area contributed by atoms with E-state index in [1.165, 1.54) is 0 Å². The third-order valence-corrected chi connectivity index (χ3v) is 5.03. The van der Waals surface area contributed by atoms with Crippen LogP contribution in [0.5, 0.6) is 5.75 Å². The molecule has 8 heteroatoms. The summed E-state index contributed by atoms with van der Waals surface area (Å²) in [6.45, 7) is 3.64. The molecule has 1 saturated heterocycles. The van der Waals surface area contributed by atoms with Crippen molar-refractivity contribution in [3.63, 3.8) is 0 Å². The molecule has 2 aromatic rings. The fraction of sp³-hybridized carbons (Fsp3) is 0.409. The number of nitrogens with zero attached hydrogens (tertiary/aromatic N) is 1. The molecule has 2 aromatic carbocycles. The molecule has 3 rings (SSSR count). The maximum Gasteiger partial charge on any atom is 0.251 e. The van der Waals surface area contributed by atoms with Crippen molar-refractivity contribution in [3.8, 4) is 5.75 Å². The molecule has 0 atom stereocenters. The van der Waals surface area contributed by atoms with Crippen LogP contribution in [0.3, 0.4) is 0 Å². The standard InChI is InChI=1S/C22H29N3O3.2ClH/c1-25(20-8-11-27-12-9-20)10-13-28-21-7-2-4-17(14-21)16-24-22(26)18-5-3-6-19(23)15-18;;/h2-7,14-15,20H,8-13,16,23H2,1H3,(H,24,26);2*1H. The number of nitrogens with one attached hydrogen (secondary N) is 1. The van der Waals surface area contributed by atoms with Crippen molar-refractivity contribution in [3.05, 3.63) is 59.7 Å². The van der Waals surface area contributed by atoms with Gasteiger partial charge in [-0.1, -0.05) is 18.2 Å². The molecule has 1 aliphatic heterocycles. The van der Waals surface area contributed by atoms with E-state index in [0.717, 1.165) is 43.9 Å². The van der Waals surface area contributed by atoms with E-state index in [9.17, 15) is 4.79 Å². The first-order valence-electron chi connectivity index (χ1n) is 9.75. The van der Waals surface area contributed by atoms with E-state index in [2.05, 4.69) is 17.3 Å². The summed E-state index contributed by atoms with van der Waals surface area (Å²) >= 11 is 0. The second-order valence-electron chi connectivity index (χ2n) is 7.13. The lowest BCUT2D eigenvalue weighted by Crippen LogP contribution is -2.38. The van der Waals surface area contributed by atoms with Crippen LogP contribution in [0.1, 0.15) is 28.8 Å². The fourth-order valence-corrected chi connectivity index (χ4v) is 3.33. The van der Waals surface area contributed by atoms with Crippen LogP contribution in [0.4, 0.5) is 5.69 Å². The Bertz CT molecular complexity index is 786. The molecule has 6 nitrogen and oxygen atoms in total. The molecule has 1 aliphatic rings. The van der Waals surface area contributed by atoms with Crippen LogP contribution >= 0.6 is 24.8 Å². The molecule has 1 amide bonds. The predicted molar refractivity (Wildman–Crippen MR) is 125 cm³/mol. The number of likely N-dealkylation sites (N-methyl/N-ethyl adjacent to an activating group) is 1. The third-order valence-electron chi connectivity index (χ3n) is 5.03. The third kappa shape index (κ3) is 8.03. The van der Waals surface area contributed by atoms with Gasteiger partial charge in [-0.15, -0.1) is 24.8 Å². The molecule has 0 unspecified atom stereocenters. The maximum atomic E-state index is 12.2. The first kappa shape index (κ1) is 26.0. The molecule has 30 heavy (non-hydrogen) atoms. The van der Waals surface area contributed by atoms with Crippen LogP contribution in [-0.2, 0) is 11.3 Å². The van der Waals surface area contributed by atoms with E-state index in [0.29, 0.717) is 30.4 Å². The van der Waals surface area contributed by atoms with Crippen LogP contribution < -0.4 is 15.8 Å². The summed E-state index contributed by atoms with van der Waals surface area (Å²) in [5, 5.41) is 2.92. The molecule has 166 valence electrons. The highest BCUT2D eigenvalue weighted by Gasteiger charge is 2.18. The van der Waals surface area contributed by atoms with E-state index in [1.54, 1.807) is 24.3 Å². The molecular weight excluding hydrogens is 425 g/mol. The Morgan fingerprint density at radius 2 is 1.90 bits per heavy atom. The monoisotopic (exact) mass is 455 g/mol. The van der Waals surface area contributed by atoms with Gasteiger partial charge in [-0.2, -0.15) is 0 Å². The summed E-state index contributed by atoms with van der Waals surface area (Å²) in [6, 6.07) is 15.4. The van der Waals surface area contributed by atoms with Crippen molar-refractivity contribution in [2.75, 3.05) is 39.1 Å². The lowest BCUT2D eigenvalue weighted by atomic mass is 10.1. The Morgan fingerprint density at radius 1 is 1.17 bits per heavy atom. The molecule has 0 spiro atoms. The summed E-state index contributed by atoms with van der Waals surface area (Å²) in [5.74, 6) is 0.674. The minimum Gasteiger partial charge on any atom is -0.492 e. The number of amides is 1. The number of hydrogen-bond donors (Lipinski definition) is 2. The molecule has 0 radical (unpaired) electrons. The maximum absolute atomic E-state index is 12.2. The molecule has 0 saturated carbocycles. The predicted octanol–water partition coefficient (Wildman–Crippen LogP) is 3.53. The van der Waals surface area contributed by atoms with Crippen molar-refractivity contribution < 1.29 is 14.3 Å². The van der Waals surface area contributed by atoms with Gasteiger partial charge in [0.05, 0.1) is 0 Å². The Morgan fingerprint density at radius 3 is 2.63 bits per heavy atom. The number of halogens is 2. The van der Waals surface area contributed by atoms with Crippen LogP contribution in [0.2, 0.25) is 0 Å². The van der Waals surface area contributed by atoms with Crippen LogP contribution in [0.15, 0.2) is 48.5 Å². The Balaban J connectivity index is 0.00000225. The number of hydrogen-bond acceptors (Lipinski definition) is 5. The second-order valence-corrected chi connectivity index (χ2v) is 7.13. The Labute approximate surface area is 190 Å². The first-order valence-corrected chi connectivity index (χ1v) is 9.75. The van der Waals surface area contributed by atoms with Gasteiger partial charge >= 0.3 is 0 Å². The van der Waals surface area contributed by atoms with E-state index in [-0.39, 0.29) is 30.7 Å². The number of rotatable bonds is 8. The van der Waals surface area contributed by atoms with E-state index in [1.807, 2.05) is 24.3 Å². The highest BCUT2D eigenvalue weighted by molar-refractivity contribution is 5.94. The first-order chi connectivity index (χ1) is 13.6. The summed E-state index contributed by atoms with van der Waals surface area (Å²) in [7, 11) is 2.14. The summed E-state index contributed by atoms with van der Waals surface area (Å²) in [6.07, 6.45) is 2.16. The zero-order valence-corrected chi connectivity index (χ0v) is 18.8. The van der Waals surface area contributed by atoms with Crippen molar-refractivity contribution in [2.45, 2.75) is 25.4 Å². The number of benzene rings is 2. The molecule has 1 heterocycles. The van der Waals surface area contributed by atoms with Crippen molar-refractivity contribution in [1.29, 1.82) is 0 Å². The zero-order valence-electron chi connectivity index (χ0n) is 17.2. The van der Waals surface area contributed by atoms with E-state index in [4.69, 9.17) is 15.2 Å². The number of carbonyl (C=O) groups excluding carboxylic acids is 1. The fourth-order valence-electron chi connectivity index (χ4n) is 3.33. The number of ether oxygens (including phenoxy) is 2. The van der Waals surface area contributed by atoms with Crippen LogP contribution in [-0.4, -0.2) is 50.3 Å². The number of anilines is 1. The highest BCUT2D eigenvalue weighted by Crippen LogP contribution is 2.15. The lowest BCUT2D eigenvalue weighted by Gasteiger charge is -2.31. The van der Waals surface area contributed by atoms with Gasteiger partial charge < -0.3 is 20.5 Å². The topological polar surface area (TPSA) is 76.8 Å². The lowest BCUT2D eigenvalue weighted by molar-refractivity contribution is 0.0392. The van der Waals surface area contributed by atoms with Gasteiger partial charge in [0, 0.05) is 43.6 Å². The molecule has 0 bridgehead atoms. The van der Waals surface area contributed by atoms with Crippen molar-refractivity contribution >= 4 is 36.4 Å². The summed E-state index contributed by atoms with van der Waals surface area (Å²) in [4.78, 5) is 14.6. The van der Waals surface area contributed by atoms with Gasteiger partial charge in [-0.05, 0) is 55.8 Å². The van der Waals surface area contributed by atoms with E-state index < -0.39 is 0 Å². The molecule has 3 N–H and O–H groups in total. The molecule has 0 aliphatic carbocycles. The normalized spacial score (nSPS) is 13.8. The average molecular weight is 456 g/mol. The smallest absolute Gasteiger partial charge is 0.251 e. The molecular formula is C22H31Cl2N3O3. The average Bonchev–Trinajstić information content (AvgIpc) is 2.73.